The van der Waals surface area contributed by atoms with Crippen LogP contribution < -0.4 is 50.7 Å². The Balaban J connectivity index is 0.000000302. The van der Waals surface area contributed by atoms with Gasteiger partial charge < -0.3 is 89.4 Å². The molecule has 2 aliphatic rings. The maximum absolute atomic E-state index is 15.0. The minimum Gasteiger partial charge on any atom is -0.548 e. The SMILES string of the molecule is CC(NP(=O)(Oc1ccccc1)OP(=O)(O)OP(=O)(O)OC[C@H]1O[C@@H](n2cnc3c(N)nc(Cl)nc32)[C@@H](F)[C@@H]1O)C(=O)[O-].CC(NP(=O)(Oc1ccccc1)OP(=O)(O)OP(=O)(O)OC[C@H]1O[C@@H](n2cnc3c(N)nc(Cl)nc32)[C@@H](F)[C@@H]1O)C(=O)[O-].CC[NH+](CC)CC.CC[NH+](CC)CC. The van der Waals surface area contributed by atoms with E-state index in [0.717, 1.165) is 35.6 Å². The first kappa shape index (κ1) is 85.4. The molecule has 2 saturated heterocycles. The summed E-state index contributed by atoms with van der Waals surface area (Å²) >= 11 is 11.6. The molecular weight excluding hydrogens is 1510 g/mol. The largest absolute Gasteiger partial charge is 0.548 e. The third kappa shape index (κ3) is 25.0. The van der Waals surface area contributed by atoms with Crippen molar-refractivity contribution in [1.82, 2.24) is 49.2 Å². The summed E-state index contributed by atoms with van der Waals surface area (Å²) in [6.45, 7) is 20.7. The van der Waals surface area contributed by atoms with Gasteiger partial charge in [-0.2, -0.15) is 37.2 Å². The minimum atomic E-state index is -5.87. The van der Waals surface area contributed by atoms with Gasteiger partial charge in [-0.15, -0.1) is 0 Å². The number of benzene rings is 2. The number of fused-ring (bicyclic) bond motifs is 2. The number of para-hydroxylation sites is 2. The first-order valence-electron chi connectivity index (χ1n) is 29.7. The number of aliphatic hydroxyl groups excluding tert-OH is 2. The number of carbonyl (C=O) groups excluding carboxylic acids is 2. The number of aromatic nitrogens is 8. The second-order valence-electron chi connectivity index (χ2n) is 21.0. The highest BCUT2D eigenvalue weighted by Gasteiger charge is 2.51. The van der Waals surface area contributed by atoms with E-state index in [9.17, 15) is 85.8 Å². The lowest BCUT2D eigenvalue weighted by Gasteiger charge is -2.25. The van der Waals surface area contributed by atoms with Gasteiger partial charge >= 0.3 is 46.8 Å². The Labute approximate surface area is 579 Å². The van der Waals surface area contributed by atoms with Crippen molar-refractivity contribution in [3.63, 3.8) is 0 Å². The van der Waals surface area contributed by atoms with E-state index in [0.29, 0.717) is 0 Å². The number of nitrogens with two attached hydrogens (primary N) is 2. The zero-order chi connectivity index (χ0) is 74.9. The van der Waals surface area contributed by atoms with E-state index in [2.05, 4.69) is 97.7 Å². The molecule has 14 N–H and O–H groups in total. The fraction of sp³-hybridized carbons (Fsp3) is 0.520. The average Bonchev–Trinajstić information content (AvgIpc) is 1.61. The molecule has 0 aliphatic carbocycles. The van der Waals surface area contributed by atoms with Gasteiger partial charge in [0.15, 0.2) is 47.7 Å². The average molecular weight is 1580 g/mol. The number of carboxylic acid groups (broad SMARTS) is 2. The number of carboxylic acids is 2. The number of hydrogen-bond acceptors (Lipinski definition) is 30. The molecule has 8 rings (SSSR count). The smallest absolute Gasteiger partial charge is 0.490 e. The van der Waals surface area contributed by atoms with Crippen molar-refractivity contribution in [2.75, 3.05) is 63.9 Å². The van der Waals surface area contributed by atoms with Crippen molar-refractivity contribution in [2.24, 2.45) is 0 Å². The van der Waals surface area contributed by atoms with Crippen LogP contribution in [0.3, 0.4) is 0 Å². The molecule has 0 bridgehead atoms. The molecule has 0 radical (unpaired) electrons. The van der Waals surface area contributed by atoms with Gasteiger partial charge in [-0.1, -0.05) is 36.4 Å². The summed E-state index contributed by atoms with van der Waals surface area (Å²) in [7, 11) is -33.2. The number of aliphatic hydroxyl groups is 2. The van der Waals surface area contributed by atoms with Crippen LogP contribution in [0.2, 0.25) is 10.6 Å². The van der Waals surface area contributed by atoms with Crippen LogP contribution in [0.5, 0.6) is 11.5 Å². The van der Waals surface area contributed by atoms with Crippen molar-refractivity contribution >= 4 is 116 Å². The number of phosphoric ester groups is 2. The lowest BCUT2D eigenvalue weighted by atomic mass is 10.1. The standard InChI is InChI=1S/2C19H23ClFN6O13P3.2C6H15N/c2*1-9(18(29)30)26-41(31,38-10-5-3-2-4-6-10)39-43(34,35)40-42(32,33)36-7-11-14(28)12(21)17(37-11)27-8-23-13-15(22)24-19(20)25-16(13)27;2*1-4-7(5-2)6-3/h2*2-6,8-9,11-12,14,17,28H,7H2,1H3,(H,26,31)(H,29,30)(H,32,33)(H,34,35)(H2,22,24,25);2*4-6H2,1-3H3/t2*9?,11-,12+,14-,17-,41?;;/m11../s1. The number of nitrogen functional groups attached to an aromatic ring is 2. The van der Waals surface area contributed by atoms with Gasteiger partial charge in [-0.25, -0.2) is 56.3 Å². The number of aliphatic carboxylic acids is 2. The molecule has 2 aromatic carbocycles. The number of nitrogens with one attached hydrogen (secondary N) is 4. The predicted octanol–water partition coefficient (Wildman–Crippen LogP) is 1.51. The number of hydrogen-bond donors (Lipinski definition) is 12. The topological polar surface area (TPSA) is 569 Å². The highest BCUT2D eigenvalue weighted by atomic mass is 35.5. The van der Waals surface area contributed by atoms with E-state index in [1.54, 1.807) is 20.0 Å². The van der Waals surface area contributed by atoms with Crippen LogP contribution in [0.15, 0.2) is 73.3 Å². The van der Waals surface area contributed by atoms with Gasteiger partial charge in [-0.05, 0) is 103 Å². The first-order chi connectivity index (χ1) is 46.7. The number of alkyl halides is 2. The van der Waals surface area contributed by atoms with Gasteiger partial charge in [-0.3, -0.25) is 18.2 Å². The quantitative estimate of drug-likeness (QED) is 0.0210. The van der Waals surface area contributed by atoms with Crippen LogP contribution in [0.4, 0.5) is 20.4 Å². The fourth-order valence-corrected chi connectivity index (χ4v) is 17.9. The van der Waals surface area contributed by atoms with Crippen LogP contribution in [-0.2, 0) is 72.7 Å². The van der Waals surface area contributed by atoms with Crippen molar-refractivity contribution in [3.05, 3.63) is 83.9 Å². The van der Waals surface area contributed by atoms with Crippen LogP contribution >= 0.6 is 70.0 Å². The highest BCUT2D eigenvalue weighted by molar-refractivity contribution is 7.68. The van der Waals surface area contributed by atoms with E-state index < -0.39 is 133 Å². The Morgan fingerprint density at radius 2 is 0.880 bits per heavy atom. The number of rotatable bonds is 32. The summed E-state index contributed by atoms with van der Waals surface area (Å²) < 4.78 is 155. The monoisotopic (exact) mass is 1580 g/mol. The number of nitrogens with zero attached hydrogens (tertiary/aromatic N) is 8. The molecule has 2 fully saturated rings. The minimum absolute atomic E-state index is 0.0402. The number of imidazole rings is 2. The molecular formula is C50H76Cl2F2N14O26P6. The maximum atomic E-state index is 15.0. The molecule has 6 heterocycles. The summed E-state index contributed by atoms with van der Waals surface area (Å²) in [6, 6.07) is 10.1. The van der Waals surface area contributed by atoms with Gasteiger partial charge in [0.2, 0.25) is 10.6 Å². The summed E-state index contributed by atoms with van der Waals surface area (Å²) in [5.41, 5.74) is 11.4. The Morgan fingerprint density at radius 1 is 0.570 bits per heavy atom. The van der Waals surface area contributed by atoms with Crippen molar-refractivity contribution in [3.8, 4) is 11.5 Å². The van der Waals surface area contributed by atoms with Crippen LogP contribution in [0.25, 0.3) is 22.3 Å². The lowest BCUT2D eigenvalue weighted by Crippen LogP contribution is -3.11. The maximum Gasteiger partial charge on any atom is 0.490 e. The molecule has 16 atom stereocenters. The molecule has 6 aromatic rings. The van der Waals surface area contributed by atoms with E-state index >= 15 is 0 Å². The number of anilines is 2. The second-order valence-corrected chi connectivity index (χ2v) is 31.4. The summed E-state index contributed by atoms with van der Waals surface area (Å²) in [5, 5.41) is 45.9. The molecule has 100 heavy (non-hydrogen) atoms. The number of quaternary nitrogens is 2. The Hall–Kier alpha value is -5.22. The predicted molar refractivity (Wildman–Crippen MR) is 344 cm³/mol. The van der Waals surface area contributed by atoms with Gasteiger partial charge in [0, 0.05) is 0 Å². The molecule has 40 nitrogen and oxygen atoms in total. The Bertz CT molecular complexity index is 3720. The zero-order valence-electron chi connectivity index (χ0n) is 54.1. The number of phosphoric acid groups is 4. The molecule has 2 aliphatic heterocycles. The van der Waals surface area contributed by atoms with Gasteiger partial charge in [0.1, 0.15) is 46.9 Å². The van der Waals surface area contributed by atoms with Crippen LogP contribution in [0, 0.1) is 0 Å². The third-order valence-electron chi connectivity index (χ3n) is 14.0. The summed E-state index contributed by atoms with van der Waals surface area (Å²) in [6.07, 6.45) is -12.7. The van der Waals surface area contributed by atoms with E-state index in [-0.39, 0.29) is 56.0 Å². The molecule has 50 heteroatoms. The van der Waals surface area contributed by atoms with Crippen LogP contribution in [-0.4, -0.2) is 182 Å². The Kier molecular flexibility index (Phi) is 32.0. The second kappa shape index (κ2) is 37.5. The highest BCUT2D eigenvalue weighted by Crippen LogP contribution is 2.69. The van der Waals surface area contributed by atoms with Crippen molar-refractivity contribution in [2.45, 2.75) is 117 Å². The van der Waals surface area contributed by atoms with Crippen molar-refractivity contribution < 1.29 is 140 Å². The van der Waals surface area contributed by atoms with E-state index in [1.807, 2.05) is 0 Å². The number of carbonyl (C=O) groups is 2. The normalized spacial score (nSPS) is 23.3. The molecule has 560 valence electrons. The summed E-state index contributed by atoms with van der Waals surface area (Å²) in [4.78, 5) is 88.9. The van der Waals surface area contributed by atoms with E-state index in [1.165, 1.54) is 99.9 Å². The fourth-order valence-electron chi connectivity index (χ4n) is 8.72. The Morgan fingerprint density at radius 3 is 1.16 bits per heavy atom. The van der Waals surface area contributed by atoms with Gasteiger partial charge in [0.25, 0.3) is 0 Å². The third-order valence-corrected chi connectivity index (χ3v) is 24.2. The number of halogens is 4. The number of ether oxygens (including phenoxy) is 2. The molecule has 8 unspecified atom stereocenters. The zero-order valence-corrected chi connectivity index (χ0v) is 61.0. The summed E-state index contributed by atoms with van der Waals surface area (Å²) in [5.74, 6) is -4.33. The molecule has 0 saturated carbocycles. The van der Waals surface area contributed by atoms with Gasteiger partial charge in [0.05, 0.1) is 89.2 Å². The molecule has 0 spiro atoms. The van der Waals surface area contributed by atoms with Crippen LogP contribution in [0.1, 0.15) is 67.8 Å². The van der Waals surface area contributed by atoms with E-state index in [4.69, 9.17) is 53.2 Å². The first-order valence-corrected chi connectivity index (χ1v) is 39.6. The molecule has 0 amide bonds. The molecule has 4 aromatic heterocycles. The lowest BCUT2D eigenvalue weighted by molar-refractivity contribution is -0.894. The van der Waals surface area contributed by atoms with Crippen molar-refractivity contribution in [1.29, 1.82) is 0 Å².